The SMILES string of the molecule is O=C(Cc1ccsc1)Nc1cc(C(F)(F)F)ccc1-n1cncn1. The monoisotopic (exact) mass is 352 g/mol. The summed E-state index contributed by atoms with van der Waals surface area (Å²) in [6, 6.07) is 4.86. The maximum absolute atomic E-state index is 12.9. The number of carbonyl (C=O) groups is 1. The van der Waals surface area contributed by atoms with Crippen molar-refractivity contribution in [2.24, 2.45) is 0 Å². The molecular formula is C15H11F3N4OS. The molecule has 0 saturated carbocycles. The Balaban J connectivity index is 1.92. The zero-order chi connectivity index (χ0) is 17.2. The number of anilines is 1. The van der Waals surface area contributed by atoms with Crippen LogP contribution >= 0.6 is 11.3 Å². The van der Waals surface area contributed by atoms with Gasteiger partial charge in [-0.2, -0.15) is 29.6 Å². The van der Waals surface area contributed by atoms with E-state index < -0.39 is 17.6 Å². The van der Waals surface area contributed by atoms with Gasteiger partial charge in [-0.25, -0.2) is 9.67 Å². The van der Waals surface area contributed by atoms with Crippen molar-refractivity contribution in [3.8, 4) is 5.69 Å². The van der Waals surface area contributed by atoms with Crippen LogP contribution in [0.1, 0.15) is 11.1 Å². The van der Waals surface area contributed by atoms with Crippen LogP contribution in [-0.2, 0) is 17.4 Å². The van der Waals surface area contributed by atoms with E-state index in [-0.39, 0.29) is 12.1 Å². The largest absolute Gasteiger partial charge is 0.416 e. The van der Waals surface area contributed by atoms with Crippen LogP contribution in [0.4, 0.5) is 18.9 Å². The lowest BCUT2D eigenvalue weighted by molar-refractivity contribution is -0.137. The van der Waals surface area contributed by atoms with E-state index in [9.17, 15) is 18.0 Å². The Morgan fingerprint density at radius 3 is 2.75 bits per heavy atom. The molecule has 0 fully saturated rings. The highest BCUT2D eigenvalue weighted by molar-refractivity contribution is 7.08. The first kappa shape index (κ1) is 16.2. The van der Waals surface area contributed by atoms with E-state index in [1.54, 1.807) is 6.07 Å². The fourth-order valence-electron chi connectivity index (χ4n) is 2.12. The molecule has 124 valence electrons. The molecule has 0 aliphatic heterocycles. The Morgan fingerprint density at radius 1 is 1.29 bits per heavy atom. The number of nitrogens with zero attached hydrogens (tertiary/aromatic N) is 3. The molecule has 2 heterocycles. The van der Waals surface area contributed by atoms with Gasteiger partial charge in [-0.1, -0.05) is 0 Å². The lowest BCUT2D eigenvalue weighted by Crippen LogP contribution is -2.17. The summed E-state index contributed by atoms with van der Waals surface area (Å²) in [5.74, 6) is -0.408. The summed E-state index contributed by atoms with van der Waals surface area (Å²) < 4.78 is 40.1. The van der Waals surface area contributed by atoms with Crippen LogP contribution in [0.3, 0.4) is 0 Å². The molecule has 9 heteroatoms. The summed E-state index contributed by atoms with van der Waals surface area (Å²) in [4.78, 5) is 15.9. The van der Waals surface area contributed by atoms with Crippen molar-refractivity contribution in [2.75, 3.05) is 5.32 Å². The number of alkyl halides is 3. The lowest BCUT2D eigenvalue weighted by atomic mass is 10.1. The van der Waals surface area contributed by atoms with Gasteiger partial charge in [0, 0.05) is 0 Å². The molecule has 0 unspecified atom stereocenters. The standard InChI is InChI=1S/C15H11F3N4OS/c16-15(17,18)11-1-2-13(22-9-19-8-20-22)12(6-11)21-14(23)5-10-3-4-24-7-10/h1-4,6-9H,5H2,(H,21,23). The van der Waals surface area contributed by atoms with Crippen LogP contribution in [0, 0.1) is 0 Å². The minimum absolute atomic E-state index is 0.0237. The van der Waals surface area contributed by atoms with Crippen LogP contribution in [0.2, 0.25) is 0 Å². The third-order valence-corrected chi connectivity index (χ3v) is 3.94. The Kier molecular flexibility index (Phi) is 4.34. The molecule has 0 radical (unpaired) electrons. The number of carbonyl (C=O) groups excluding carboxylic acids is 1. The molecule has 1 amide bonds. The zero-order valence-corrected chi connectivity index (χ0v) is 12.9. The maximum Gasteiger partial charge on any atom is 0.416 e. The van der Waals surface area contributed by atoms with Gasteiger partial charge < -0.3 is 5.32 Å². The first-order valence-corrected chi connectivity index (χ1v) is 7.75. The highest BCUT2D eigenvalue weighted by Crippen LogP contribution is 2.33. The number of rotatable bonds is 4. The van der Waals surface area contributed by atoms with Crippen molar-refractivity contribution in [1.29, 1.82) is 0 Å². The summed E-state index contributed by atoms with van der Waals surface area (Å²) in [6.45, 7) is 0. The van der Waals surface area contributed by atoms with Gasteiger partial charge in [-0.3, -0.25) is 4.79 Å². The number of benzene rings is 1. The quantitative estimate of drug-likeness (QED) is 0.781. The molecule has 0 atom stereocenters. The number of halogens is 3. The number of thiophene rings is 1. The zero-order valence-electron chi connectivity index (χ0n) is 12.1. The van der Waals surface area contributed by atoms with E-state index in [1.807, 2.05) is 10.8 Å². The Bertz CT molecular complexity index is 829. The minimum atomic E-state index is -4.51. The average Bonchev–Trinajstić information content (AvgIpc) is 3.19. The highest BCUT2D eigenvalue weighted by atomic mass is 32.1. The van der Waals surface area contributed by atoms with Gasteiger partial charge >= 0.3 is 6.18 Å². The van der Waals surface area contributed by atoms with Gasteiger partial charge in [0.25, 0.3) is 0 Å². The topological polar surface area (TPSA) is 59.8 Å². The van der Waals surface area contributed by atoms with Crippen LogP contribution < -0.4 is 5.32 Å². The number of nitrogens with one attached hydrogen (secondary N) is 1. The summed E-state index contributed by atoms with van der Waals surface area (Å²) in [5.41, 5.74) is 0.277. The second-order valence-corrected chi connectivity index (χ2v) is 5.71. The van der Waals surface area contributed by atoms with Crippen LogP contribution in [0.5, 0.6) is 0 Å². The predicted octanol–water partition coefficient (Wildman–Crippen LogP) is 3.53. The van der Waals surface area contributed by atoms with Crippen LogP contribution in [0.15, 0.2) is 47.7 Å². The average molecular weight is 352 g/mol. The van der Waals surface area contributed by atoms with E-state index in [1.165, 1.54) is 34.7 Å². The van der Waals surface area contributed by atoms with Gasteiger partial charge in [-0.05, 0) is 40.6 Å². The van der Waals surface area contributed by atoms with E-state index in [4.69, 9.17) is 0 Å². The molecule has 0 spiro atoms. The van der Waals surface area contributed by atoms with Crippen LogP contribution in [0.25, 0.3) is 5.69 Å². The molecule has 24 heavy (non-hydrogen) atoms. The molecule has 5 nitrogen and oxygen atoms in total. The van der Waals surface area contributed by atoms with Crippen molar-refractivity contribution in [3.63, 3.8) is 0 Å². The van der Waals surface area contributed by atoms with Gasteiger partial charge in [0.2, 0.25) is 5.91 Å². The fourth-order valence-corrected chi connectivity index (χ4v) is 2.79. The van der Waals surface area contributed by atoms with E-state index in [0.717, 1.165) is 17.7 Å². The van der Waals surface area contributed by atoms with Gasteiger partial charge in [-0.15, -0.1) is 0 Å². The molecule has 0 bridgehead atoms. The lowest BCUT2D eigenvalue weighted by Gasteiger charge is -2.14. The summed E-state index contributed by atoms with van der Waals surface area (Å²) in [7, 11) is 0. The second-order valence-electron chi connectivity index (χ2n) is 4.93. The normalized spacial score (nSPS) is 11.5. The second kappa shape index (κ2) is 6.44. The number of amides is 1. The fraction of sp³-hybridized carbons (Fsp3) is 0.133. The Labute approximate surface area is 138 Å². The molecule has 2 aromatic heterocycles. The molecule has 0 aliphatic carbocycles. The van der Waals surface area contributed by atoms with Crippen LogP contribution in [-0.4, -0.2) is 20.7 Å². The van der Waals surface area contributed by atoms with E-state index in [0.29, 0.717) is 5.69 Å². The minimum Gasteiger partial charge on any atom is -0.324 e. The number of aromatic nitrogens is 3. The predicted molar refractivity (Wildman–Crippen MR) is 83.0 cm³/mol. The molecular weight excluding hydrogens is 341 g/mol. The molecule has 1 N–H and O–H groups in total. The van der Waals surface area contributed by atoms with Crippen molar-refractivity contribution < 1.29 is 18.0 Å². The van der Waals surface area contributed by atoms with Gasteiger partial charge in [0.1, 0.15) is 12.7 Å². The molecule has 0 saturated heterocycles. The molecule has 3 aromatic rings. The van der Waals surface area contributed by atoms with Crippen molar-refractivity contribution in [2.45, 2.75) is 12.6 Å². The first-order chi connectivity index (χ1) is 11.4. The summed E-state index contributed by atoms with van der Waals surface area (Å²) in [5, 5.41) is 10.1. The Hall–Kier alpha value is -2.68. The Morgan fingerprint density at radius 2 is 2.12 bits per heavy atom. The summed E-state index contributed by atoms with van der Waals surface area (Å²) >= 11 is 1.44. The van der Waals surface area contributed by atoms with Crippen molar-refractivity contribution >= 4 is 22.9 Å². The number of hydrogen-bond acceptors (Lipinski definition) is 4. The van der Waals surface area contributed by atoms with E-state index in [2.05, 4.69) is 15.4 Å². The maximum atomic E-state index is 12.9. The third-order valence-electron chi connectivity index (χ3n) is 3.21. The third kappa shape index (κ3) is 3.62. The van der Waals surface area contributed by atoms with Gasteiger partial charge in [0.05, 0.1) is 23.4 Å². The van der Waals surface area contributed by atoms with Crippen molar-refractivity contribution in [3.05, 3.63) is 58.8 Å². The summed E-state index contributed by atoms with van der Waals surface area (Å²) in [6.07, 6.45) is -1.82. The van der Waals surface area contributed by atoms with Gasteiger partial charge in [0.15, 0.2) is 0 Å². The molecule has 3 rings (SSSR count). The molecule has 0 aliphatic rings. The van der Waals surface area contributed by atoms with Crippen molar-refractivity contribution in [1.82, 2.24) is 14.8 Å². The highest BCUT2D eigenvalue weighted by Gasteiger charge is 2.31. The smallest absolute Gasteiger partial charge is 0.324 e. The molecule has 1 aromatic carbocycles. The van der Waals surface area contributed by atoms with E-state index >= 15 is 0 Å². The first-order valence-electron chi connectivity index (χ1n) is 6.80. The number of hydrogen-bond donors (Lipinski definition) is 1.